The zero-order chi connectivity index (χ0) is 22.6. The number of carbonyl (C=O) groups excluding carboxylic acids is 2. The maximum absolute atomic E-state index is 13.1. The van der Waals surface area contributed by atoms with Gasteiger partial charge in [0.25, 0.3) is 11.8 Å². The minimum atomic E-state index is -1.50. The van der Waals surface area contributed by atoms with Crippen molar-refractivity contribution in [2.75, 3.05) is 32.8 Å². The number of H-pyrrole nitrogens is 1. The average Bonchev–Trinajstić information content (AvgIpc) is 3.22. The van der Waals surface area contributed by atoms with Crippen molar-refractivity contribution in [2.45, 2.75) is 5.60 Å². The van der Waals surface area contributed by atoms with Gasteiger partial charge in [-0.25, -0.2) is 9.37 Å². The Morgan fingerprint density at radius 1 is 1.28 bits per heavy atom. The van der Waals surface area contributed by atoms with Crippen molar-refractivity contribution in [3.05, 3.63) is 66.1 Å². The molecule has 11 heteroatoms. The van der Waals surface area contributed by atoms with E-state index < -0.39 is 11.5 Å². The van der Waals surface area contributed by atoms with E-state index in [0.717, 1.165) is 0 Å². The third-order valence-electron chi connectivity index (χ3n) is 4.97. The number of ether oxygens (including phenoxy) is 1. The summed E-state index contributed by atoms with van der Waals surface area (Å²) in [5.41, 5.74) is -0.0133. The van der Waals surface area contributed by atoms with E-state index in [9.17, 15) is 19.1 Å². The van der Waals surface area contributed by atoms with Gasteiger partial charge >= 0.3 is 0 Å². The first-order chi connectivity index (χ1) is 15.4. The number of amides is 2. The molecule has 3 N–H and O–H groups in total. The SMILES string of the molecule is O=C(NC[C@@]1(O)COCCN(C(=O)c2cc(-c3ccc(F)cc3)n[nH]2)C1)c1cnccn1. The van der Waals surface area contributed by atoms with Crippen LogP contribution in [0.25, 0.3) is 11.3 Å². The van der Waals surface area contributed by atoms with Crippen LogP contribution in [0.2, 0.25) is 0 Å². The summed E-state index contributed by atoms with van der Waals surface area (Å²) in [5, 5.41) is 20.4. The first-order valence-corrected chi connectivity index (χ1v) is 9.88. The molecule has 1 fully saturated rings. The molecule has 0 unspecified atom stereocenters. The molecule has 0 saturated carbocycles. The standard InChI is InChI=1S/C21H21FN6O4/c22-15-3-1-14(2-4-15)16-9-17(27-26-16)20(30)28-7-8-32-13-21(31,12-28)11-25-19(29)18-10-23-5-6-24-18/h1-6,9-10,31H,7-8,11-13H2,(H,25,29)(H,26,27)/t21-/m0/s1. The van der Waals surface area contributed by atoms with Crippen LogP contribution in [0.5, 0.6) is 0 Å². The molecule has 0 bridgehead atoms. The lowest BCUT2D eigenvalue weighted by Crippen LogP contribution is -2.53. The van der Waals surface area contributed by atoms with E-state index in [1.165, 1.54) is 35.6 Å². The molecule has 4 rings (SSSR count). The number of β-amino-alcohol motifs (C(OH)–C–C–N with tert-alkyl or cyclic N) is 1. The number of benzene rings is 1. The van der Waals surface area contributed by atoms with Crippen molar-refractivity contribution in [3.8, 4) is 11.3 Å². The Bertz CT molecular complexity index is 1090. The van der Waals surface area contributed by atoms with Crippen LogP contribution in [0.15, 0.2) is 48.9 Å². The Kier molecular flexibility index (Phi) is 6.19. The number of aromatic nitrogens is 4. The molecule has 32 heavy (non-hydrogen) atoms. The highest BCUT2D eigenvalue weighted by molar-refractivity contribution is 5.93. The predicted molar refractivity (Wildman–Crippen MR) is 110 cm³/mol. The van der Waals surface area contributed by atoms with Gasteiger partial charge in [0.1, 0.15) is 22.8 Å². The molecule has 1 atom stereocenters. The Morgan fingerprint density at radius 2 is 2.09 bits per heavy atom. The number of halogens is 1. The van der Waals surface area contributed by atoms with Crippen LogP contribution in [0, 0.1) is 5.82 Å². The normalized spacial score (nSPS) is 18.8. The lowest BCUT2D eigenvalue weighted by molar-refractivity contribution is -0.0324. The molecule has 0 spiro atoms. The smallest absolute Gasteiger partial charge is 0.272 e. The molecule has 3 heterocycles. The van der Waals surface area contributed by atoms with Crippen LogP contribution in [0.1, 0.15) is 21.0 Å². The van der Waals surface area contributed by atoms with Crippen molar-refractivity contribution < 1.29 is 23.8 Å². The summed E-state index contributed by atoms with van der Waals surface area (Å²) in [6.45, 7) is 0.226. The molecule has 2 aromatic heterocycles. The summed E-state index contributed by atoms with van der Waals surface area (Å²) in [6, 6.07) is 7.33. The molecule has 1 aliphatic heterocycles. The second-order valence-electron chi connectivity index (χ2n) is 7.45. The van der Waals surface area contributed by atoms with E-state index in [-0.39, 0.29) is 56.0 Å². The van der Waals surface area contributed by atoms with Gasteiger partial charge in [-0.2, -0.15) is 5.10 Å². The van der Waals surface area contributed by atoms with Gasteiger partial charge in [-0.05, 0) is 30.3 Å². The van der Waals surface area contributed by atoms with Crippen molar-refractivity contribution >= 4 is 11.8 Å². The van der Waals surface area contributed by atoms with Crippen molar-refractivity contribution in [2.24, 2.45) is 0 Å². The molecule has 2 amide bonds. The average molecular weight is 440 g/mol. The summed E-state index contributed by atoms with van der Waals surface area (Å²) in [5.74, 6) is -1.24. The highest BCUT2D eigenvalue weighted by Gasteiger charge is 2.35. The van der Waals surface area contributed by atoms with Crippen molar-refractivity contribution in [1.82, 2.24) is 30.4 Å². The number of hydrogen-bond acceptors (Lipinski definition) is 7. The number of rotatable bonds is 5. The molecule has 1 aliphatic rings. The monoisotopic (exact) mass is 440 g/mol. The minimum Gasteiger partial charge on any atom is -0.384 e. The molecule has 1 aromatic carbocycles. The van der Waals surface area contributed by atoms with E-state index in [2.05, 4.69) is 25.5 Å². The van der Waals surface area contributed by atoms with Gasteiger partial charge in [0, 0.05) is 24.5 Å². The van der Waals surface area contributed by atoms with Crippen LogP contribution in [0.4, 0.5) is 4.39 Å². The maximum Gasteiger partial charge on any atom is 0.272 e. The fourth-order valence-corrected chi connectivity index (χ4v) is 3.32. The first kappa shape index (κ1) is 21.5. The Morgan fingerprint density at radius 3 is 2.84 bits per heavy atom. The highest BCUT2D eigenvalue weighted by Crippen LogP contribution is 2.20. The first-order valence-electron chi connectivity index (χ1n) is 9.88. The van der Waals surface area contributed by atoms with Gasteiger partial charge in [0.05, 0.1) is 38.2 Å². The van der Waals surface area contributed by atoms with Gasteiger partial charge < -0.3 is 20.1 Å². The summed E-state index contributed by atoms with van der Waals surface area (Å²) in [4.78, 5) is 34.4. The fraction of sp³-hybridized carbons (Fsp3) is 0.286. The Labute approximate surface area is 182 Å². The Balaban J connectivity index is 1.43. The van der Waals surface area contributed by atoms with Crippen LogP contribution in [0.3, 0.4) is 0 Å². The van der Waals surface area contributed by atoms with Crippen molar-refractivity contribution in [1.29, 1.82) is 0 Å². The third-order valence-corrected chi connectivity index (χ3v) is 4.97. The summed E-state index contributed by atoms with van der Waals surface area (Å²) in [7, 11) is 0. The molecular formula is C21H21FN6O4. The van der Waals surface area contributed by atoms with Gasteiger partial charge in [0.2, 0.25) is 0 Å². The number of nitrogens with zero attached hydrogens (tertiary/aromatic N) is 4. The number of aromatic amines is 1. The second-order valence-corrected chi connectivity index (χ2v) is 7.45. The molecule has 0 radical (unpaired) electrons. The molecule has 1 saturated heterocycles. The molecule has 3 aromatic rings. The van der Waals surface area contributed by atoms with E-state index in [4.69, 9.17) is 4.74 Å². The fourth-order valence-electron chi connectivity index (χ4n) is 3.32. The topological polar surface area (TPSA) is 133 Å². The van der Waals surface area contributed by atoms with Crippen LogP contribution < -0.4 is 5.32 Å². The predicted octanol–water partition coefficient (Wildman–Crippen LogP) is 0.639. The molecule has 10 nitrogen and oxygen atoms in total. The minimum absolute atomic E-state index is 0.0542. The van der Waals surface area contributed by atoms with Gasteiger partial charge in [-0.1, -0.05) is 0 Å². The highest BCUT2D eigenvalue weighted by atomic mass is 19.1. The summed E-state index contributed by atoms with van der Waals surface area (Å²) < 4.78 is 18.6. The number of hydrogen-bond donors (Lipinski definition) is 3. The Hall–Kier alpha value is -3.70. The molecule has 0 aliphatic carbocycles. The zero-order valence-electron chi connectivity index (χ0n) is 17.0. The zero-order valence-corrected chi connectivity index (χ0v) is 17.0. The van der Waals surface area contributed by atoms with Crippen LogP contribution in [-0.4, -0.2) is 80.4 Å². The summed E-state index contributed by atoms with van der Waals surface area (Å²) in [6.07, 6.45) is 4.16. The third kappa shape index (κ3) is 4.95. The van der Waals surface area contributed by atoms with Crippen molar-refractivity contribution in [3.63, 3.8) is 0 Å². The van der Waals surface area contributed by atoms with Gasteiger partial charge in [0.15, 0.2) is 0 Å². The molecule has 166 valence electrons. The maximum atomic E-state index is 13.1. The molecular weight excluding hydrogens is 419 g/mol. The van der Waals surface area contributed by atoms with Gasteiger partial charge in [-0.15, -0.1) is 0 Å². The van der Waals surface area contributed by atoms with E-state index in [1.807, 2.05) is 0 Å². The second kappa shape index (κ2) is 9.20. The number of carbonyl (C=O) groups is 2. The van der Waals surface area contributed by atoms with Crippen LogP contribution >= 0.6 is 0 Å². The van der Waals surface area contributed by atoms with E-state index >= 15 is 0 Å². The lowest BCUT2D eigenvalue weighted by Gasteiger charge is -2.30. The summed E-state index contributed by atoms with van der Waals surface area (Å²) >= 11 is 0. The van der Waals surface area contributed by atoms with E-state index in [1.54, 1.807) is 18.2 Å². The lowest BCUT2D eigenvalue weighted by atomic mass is 10.0. The van der Waals surface area contributed by atoms with E-state index in [0.29, 0.717) is 11.3 Å². The van der Waals surface area contributed by atoms with Crippen LogP contribution in [-0.2, 0) is 4.74 Å². The van der Waals surface area contributed by atoms with Gasteiger partial charge in [-0.3, -0.25) is 19.7 Å². The largest absolute Gasteiger partial charge is 0.384 e. The number of nitrogens with one attached hydrogen (secondary N) is 2. The number of aliphatic hydroxyl groups is 1. The quantitative estimate of drug-likeness (QED) is 0.530.